The van der Waals surface area contributed by atoms with Crippen LogP contribution >= 0.6 is 0 Å². The highest BCUT2D eigenvalue weighted by Crippen LogP contribution is 2.12. The summed E-state index contributed by atoms with van der Waals surface area (Å²) in [5.74, 6) is 0. The maximum atomic E-state index is 3.00. The van der Waals surface area contributed by atoms with Crippen LogP contribution in [0.1, 0.15) is 37.5 Å². The van der Waals surface area contributed by atoms with Crippen molar-refractivity contribution in [1.29, 1.82) is 0 Å². The molecule has 0 aliphatic carbocycles. The van der Waals surface area contributed by atoms with Gasteiger partial charge in [-0.25, -0.2) is 0 Å². The monoisotopic (exact) mass is 190 g/mol. The average molecular weight is 190 g/mol. The van der Waals surface area contributed by atoms with Crippen molar-refractivity contribution in [2.24, 2.45) is 0 Å². The van der Waals surface area contributed by atoms with Crippen LogP contribution in [0, 0.1) is 0 Å². The second kappa shape index (κ2) is 7.37. The van der Waals surface area contributed by atoms with E-state index in [1.54, 1.807) is 0 Å². The molecule has 0 radical (unpaired) electrons. The predicted molar refractivity (Wildman–Crippen MR) is 65.8 cm³/mol. The van der Waals surface area contributed by atoms with Crippen molar-refractivity contribution >= 4 is 0 Å². The Morgan fingerprint density at radius 3 is 1.07 bits per heavy atom. The first-order valence-corrected chi connectivity index (χ1v) is 5.41. The number of benzene rings is 1. The molecule has 0 nitrogen and oxygen atoms in total. The Morgan fingerprint density at radius 2 is 0.929 bits per heavy atom. The van der Waals surface area contributed by atoms with E-state index in [-0.39, 0.29) is 0 Å². The number of hydrogen-bond acceptors (Lipinski definition) is 0. The average Bonchev–Trinajstić information content (AvgIpc) is 2.30. The van der Waals surface area contributed by atoms with E-state index < -0.39 is 0 Å². The normalized spacial score (nSPS) is 9.07. The van der Waals surface area contributed by atoms with Crippen LogP contribution in [0.5, 0.6) is 0 Å². The van der Waals surface area contributed by atoms with Gasteiger partial charge in [0.15, 0.2) is 0 Å². The van der Waals surface area contributed by atoms with Crippen molar-refractivity contribution in [3.8, 4) is 0 Å². The fourth-order valence-electron chi connectivity index (χ4n) is 1.45. The topological polar surface area (TPSA) is 0 Å². The van der Waals surface area contributed by atoms with Gasteiger partial charge < -0.3 is 0 Å². The summed E-state index contributed by atoms with van der Waals surface area (Å²) in [6.45, 7) is 12.6. The van der Waals surface area contributed by atoms with E-state index in [0.29, 0.717) is 0 Å². The molecule has 0 bridgehead atoms. The molecular formula is C14H22. The molecule has 0 aromatic heterocycles. The number of aryl methyl sites for hydroxylation is 3. The van der Waals surface area contributed by atoms with Gasteiger partial charge in [-0.2, -0.15) is 0 Å². The molecule has 0 aliphatic heterocycles. The van der Waals surface area contributed by atoms with Crippen LogP contribution in [0.2, 0.25) is 0 Å². The minimum Gasteiger partial charge on any atom is -0.106 e. The molecular weight excluding hydrogens is 168 g/mol. The van der Waals surface area contributed by atoms with Crippen LogP contribution in [-0.4, -0.2) is 0 Å². The Balaban J connectivity index is 0.000000791. The van der Waals surface area contributed by atoms with E-state index in [4.69, 9.17) is 0 Å². The van der Waals surface area contributed by atoms with Crippen molar-refractivity contribution in [3.05, 3.63) is 48.0 Å². The Bertz CT molecular complexity index is 206. The molecule has 0 spiro atoms. The molecule has 78 valence electrons. The second-order valence-electron chi connectivity index (χ2n) is 3.22. The quantitative estimate of drug-likeness (QED) is 0.627. The van der Waals surface area contributed by atoms with E-state index in [1.807, 2.05) is 0 Å². The minimum absolute atomic E-state index is 1.15. The first-order chi connectivity index (χ1) is 6.80. The highest BCUT2D eigenvalue weighted by molar-refractivity contribution is 5.30. The molecule has 0 N–H and O–H groups in total. The molecule has 1 aromatic carbocycles. The Labute approximate surface area is 88.7 Å². The lowest BCUT2D eigenvalue weighted by atomic mass is 10.0. The van der Waals surface area contributed by atoms with E-state index in [9.17, 15) is 0 Å². The Hall–Kier alpha value is -1.04. The van der Waals surface area contributed by atoms with Crippen LogP contribution in [-0.2, 0) is 19.3 Å². The van der Waals surface area contributed by atoms with Gasteiger partial charge in [0.1, 0.15) is 0 Å². The molecule has 0 saturated heterocycles. The SMILES string of the molecule is C=C.CCc1cc(CC)cc(CC)c1. The van der Waals surface area contributed by atoms with Gasteiger partial charge in [-0.1, -0.05) is 39.0 Å². The van der Waals surface area contributed by atoms with Gasteiger partial charge in [0.25, 0.3) is 0 Å². The molecule has 0 atom stereocenters. The maximum absolute atomic E-state index is 3.00. The fraction of sp³-hybridized carbons (Fsp3) is 0.429. The van der Waals surface area contributed by atoms with Crippen LogP contribution in [0.3, 0.4) is 0 Å². The van der Waals surface area contributed by atoms with Crippen molar-refractivity contribution in [1.82, 2.24) is 0 Å². The van der Waals surface area contributed by atoms with Gasteiger partial charge in [-0.3, -0.25) is 0 Å². The van der Waals surface area contributed by atoms with Crippen molar-refractivity contribution < 1.29 is 0 Å². The lowest BCUT2D eigenvalue weighted by molar-refractivity contribution is 1.04. The van der Waals surface area contributed by atoms with Gasteiger partial charge in [0.2, 0.25) is 0 Å². The zero-order valence-electron chi connectivity index (χ0n) is 9.77. The smallest absolute Gasteiger partial charge is 0.0307 e. The predicted octanol–water partition coefficient (Wildman–Crippen LogP) is 4.18. The molecule has 0 fully saturated rings. The van der Waals surface area contributed by atoms with Gasteiger partial charge in [-0.15, -0.1) is 13.2 Å². The molecule has 0 saturated carbocycles. The Morgan fingerprint density at radius 1 is 0.714 bits per heavy atom. The highest BCUT2D eigenvalue weighted by Gasteiger charge is 1.96. The summed E-state index contributed by atoms with van der Waals surface area (Å²) < 4.78 is 0. The highest BCUT2D eigenvalue weighted by atomic mass is 14.0. The van der Waals surface area contributed by atoms with E-state index in [0.717, 1.165) is 19.3 Å². The zero-order valence-corrected chi connectivity index (χ0v) is 9.77. The lowest BCUT2D eigenvalue weighted by Gasteiger charge is -2.05. The van der Waals surface area contributed by atoms with Crippen LogP contribution in [0.25, 0.3) is 0 Å². The van der Waals surface area contributed by atoms with Gasteiger partial charge in [0.05, 0.1) is 0 Å². The summed E-state index contributed by atoms with van der Waals surface area (Å²) in [6.07, 6.45) is 3.46. The third-order valence-electron chi connectivity index (χ3n) is 2.34. The van der Waals surface area contributed by atoms with Crippen LogP contribution < -0.4 is 0 Å². The van der Waals surface area contributed by atoms with E-state index in [1.165, 1.54) is 16.7 Å². The molecule has 14 heavy (non-hydrogen) atoms. The van der Waals surface area contributed by atoms with E-state index >= 15 is 0 Å². The summed E-state index contributed by atoms with van der Waals surface area (Å²) in [7, 11) is 0. The largest absolute Gasteiger partial charge is 0.106 e. The van der Waals surface area contributed by atoms with Crippen LogP contribution in [0.15, 0.2) is 31.4 Å². The number of rotatable bonds is 3. The van der Waals surface area contributed by atoms with Crippen molar-refractivity contribution in [3.63, 3.8) is 0 Å². The molecule has 0 amide bonds. The second-order valence-corrected chi connectivity index (χ2v) is 3.22. The first kappa shape index (κ1) is 13.0. The zero-order chi connectivity index (χ0) is 11.0. The van der Waals surface area contributed by atoms with Crippen molar-refractivity contribution in [2.45, 2.75) is 40.0 Å². The van der Waals surface area contributed by atoms with Gasteiger partial charge in [-0.05, 0) is 36.0 Å². The van der Waals surface area contributed by atoms with E-state index in [2.05, 4.69) is 52.1 Å². The summed E-state index contributed by atoms with van der Waals surface area (Å²) in [6, 6.07) is 6.96. The standard InChI is InChI=1S/C12H18.C2H4/c1-4-10-7-11(5-2)9-12(6-3)8-10;1-2/h7-9H,4-6H2,1-3H3;1-2H2. The van der Waals surface area contributed by atoms with Gasteiger partial charge >= 0.3 is 0 Å². The number of hydrogen-bond donors (Lipinski definition) is 0. The third-order valence-corrected chi connectivity index (χ3v) is 2.34. The fourth-order valence-corrected chi connectivity index (χ4v) is 1.45. The molecule has 0 heteroatoms. The summed E-state index contributed by atoms with van der Waals surface area (Å²) in [5.41, 5.74) is 4.43. The summed E-state index contributed by atoms with van der Waals surface area (Å²) >= 11 is 0. The first-order valence-electron chi connectivity index (χ1n) is 5.41. The molecule has 1 rings (SSSR count). The van der Waals surface area contributed by atoms with Crippen LogP contribution in [0.4, 0.5) is 0 Å². The maximum Gasteiger partial charge on any atom is -0.0307 e. The lowest BCUT2D eigenvalue weighted by Crippen LogP contribution is -1.90. The third kappa shape index (κ3) is 3.78. The Kier molecular flexibility index (Phi) is 6.82. The van der Waals surface area contributed by atoms with Crippen molar-refractivity contribution in [2.75, 3.05) is 0 Å². The summed E-state index contributed by atoms with van der Waals surface area (Å²) in [5, 5.41) is 0. The molecule has 0 aliphatic rings. The van der Waals surface area contributed by atoms with Gasteiger partial charge in [0, 0.05) is 0 Å². The minimum atomic E-state index is 1.15. The summed E-state index contributed by atoms with van der Waals surface area (Å²) in [4.78, 5) is 0. The molecule has 1 aromatic rings. The molecule has 0 heterocycles. The molecule has 0 unspecified atom stereocenters.